The van der Waals surface area contributed by atoms with E-state index in [4.69, 9.17) is 26.6 Å². The van der Waals surface area contributed by atoms with E-state index in [-0.39, 0.29) is 17.0 Å². The van der Waals surface area contributed by atoms with E-state index in [1.54, 1.807) is 10.8 Å². The lowest BCUT2D eigenvalue weighted by Crippen LogP contribution is -2.32. The first-order valence-corrected chi connectivity index (χ1v) is 13.7. The molecule has 11 heteroatoms. The second-order valence-corrected chi connectivity index (χ2v) is 11.5. The van der Waals surface area contributed by atoms with Crippen molar-refractivity contribution in [3.63, 3.8) is 0 Å². The third-order valence-corrected chi connectivity index (χ3v) is 7.74. The molecule has 8 nitrogen and oxygen atoms in total. The number of nitrogens with zero attached hydrogens (tertiary/aromatic N) is 3. The smallest absolute Gasteiger partial charge is 0.266 e. The Hall–Kier alpha value is -2.99. The molecule has 2 aliphatic heterocycles. The van der Waals surface area contributed by atoms with Crippen LogP contribution in [-0.2, 0) is 21.3 Å². The Bertz CT molecular complexity index is 1460. The van der Waals surface area contributed by atoms with Crippen molar-refractivity contribution >= 4 is 50.4 Å². The van der Waals surface area contributed by atoms with Gasteiger partial charge in [0.25, 0.3) is 16.0 Å². The van der Waals surface area contributed by atoms with Crippen LogP contribution in [0.3, 0.4) is 0 Å². The number of thiocarbonyl (C=S) groups is 1. The molecule has 1 fully saturated rings. The van der Waals surface area contributed by atoms with Gasteiger partial charge < -0.3 is 4.74 Å². The van der Waals surface area contributed by atoms with Crippen LogP contribution in [0.4, 0.5) is 0 Å². The van der Waals surface area contributed by atoms with Crippen molar-refractivity contribution in [3.05, 3.63) is 70.8 Å². The van der Waals surface area contributed by atoms with Crippen LogP contribution in [0.1, 0.15) is 18.1 Å². The molecule has 2 aliphatic rings. The van der Waals surface area contributed by atoms with Crippen LogP contribution in [0.15, 0.2) is 59.6 Å². The minimum absolute atomic E-state index is 0.117. The first-order chi connectivity index (χ1) is 16.7. The maximum atomic E-state index is 13.0. The SMILES string of the molecule is CC1Cc2cc(-c3nn(-c4ccccc4)cc3C=C3SC(=S)N(CCS(=O)(=O)O)C3=O)ccc2O1. The van der Waals surface area contributed by atoms with E-state index in [2.05, 4.69) is 6.07 Å². The fourth-order valence-corrected chi connectivity index (χ4v) is 5.75. The Labute approximate surface area is 212 Å². The van der Waals surface area contributed by atoms with Crippen LogP contribution >= 0.6 is 24.0 Å². The fraction of sp³-hybridized carbons (Fsp3) is 0.208. The number of ether oxygens (including phenoxy) is 1. The molecule has 1 saturated heterocycles. The Morgan fingerprint density at radius 1 is 1.26 bits per heavy atom. The summed E-state index contributed by atoms with van der Waals surface area (Å²) in [6, 6.07) is 15.6. The van der Waals surface area contributed by atoms with E-state index in [1.807, 2.05) is 55.6 Å². The summed E-state index contributed by atoms with van der Waals surface area (Å²) < 4.78 is 39.2. The van der Waals surface area contributed by atoms with E-state index in [0.29, 0.717) is 10.6 Å². The summed E-state index contributed by atoms with van der Waals surface area (Å²) in [7, 11) is -4.22. The molecule has 1 atom stereocenters. The lowest BCUT2D eigenvalue weighted by atomic mass is 10.0. The lowest BCUT2D eigenvalue weighted by molar-refractivity contribution is -0.121. The number of para-hydroxylation sites is 1. The zero-order valence-electron chi connectivity index (χ0n) is 18.6. The Balaban J connectivity index is 1.54. The number of hydrogen-bond donors (Lipinski definition) is 1. The number of fused-ring (bicyclic) bond motifs is 1. The monoisotopic (exact) mass is 527 g/mol. The molecule has 180 valence electrons. The van der Waals surface area contributed by atoms with Crippen LogP contribution in [0, 0.1) is 0 Å². The molecule has 3 heterocycles. The number of rotatable bonds is 6. The molecule has 0 radical (unpaired) electrons. The molecule has 0 saturated carbocycles. The van der Waals surface area contributed by atoms with Crippen molar-refractivity contribution < 1.29 is 22.5 Å². The number of carbonyl (C=O) groups is 1. The number of amides is 1. The van der Waals surface area contributed by atoms with Gasteiger partial charge in [-0.2, -0.15) is 13.5 Å². The molecule has 2 aromatic carbocycles. The second kappa shape index (κ2) is 9.23. The normalized spacial score (nSPS) is 18.9. The van der Waals surface area contributed by atoms with Gasteiger partial charge in [-0.25, -0.2) is 4.68 Å². The quantitative estimate of drug-likeness (QED) is 0.292. The van der Waals surface area contributed by atoms with Crippen molar-refractivity contribution in [2.24, 2.45) is 0 Å². The predicted molar refractivity (Wildman–Crippen MR) is 139 cm³/mol. The highest BCUT2D eigenvalue weighted by Crippen LogP contribution is 2.37. The Kier molecular flexibility index (Phi) is 6.26. The lowest BCUT2D eigenvalue weighted by Gasteiger charge is -2.12. The molecule has 1 unspecified atom stereocenters. The summed E-state index contributed by atoms with van der Waals surface area (Å²) in [5, 5.41) is 4.82. The molecule has 1 N–H and O–H groups in total. The highest BCUT2D eigenvalue weighted by molar-refractivity contribution is 8.26. The number of aromatic nitrogens is 2. The Morgan fingerprint density at radius 2 is 2.03 bits per heavy atom. The van der Waals surface area contributed by atoms with E-state index in [0.717, 1.165) is 46.3 Å². The van der Waals surface area contributed by atoms with E-state index >= 15 is 0 Å². The van der Waals surface area contributed by atoms with Crippen LogP contribution in [0.25, 0.3) is 23.0 Å². The van der Waals surface area contributed by atoms with Gasteiger partial charge in [-0.15, -0.1) is 0 Å². The van der Waals surface area contributed by atoms with Crippen molar-refractivity contribution in [2.75, 3.05) is 12.3 Å². The van der Waals surface area contributed by atoms with Crippen LogP contribution < -0.4 is 4.74 Å². The van der Waals surface area contributed by atoms with Crippen molar-refractivity contribution in [2.45, 2.75) is 19.4 Å². The average Bonchev–Trinajstić information content (AvgIpc) is 3.47. The van der Waals surface area contributed by atoms with Gasteiger partial charge in [0, 0.05) is 30.3 Å². The molecular formula is C24H21N3O5S3. The topological polar surface area (TPSA) is 102 Å². The van der Waals surface area contributed by atoms with E-state index in [9.17, 15) is 13.2 Å². The minimum Gasteiger partial charge on any atom is -0.490 e. The summed E-state index contributed by atoms with van der Waals surface area (Å²) in [6.45, 7) is 1.82. The summed E-state index contributed by atoms with van der Waals surface area (Å²) in [5.41, 5.74) is 4.28. The van der Waals surface area contributed by atoms with Gasteiger partial charge in [0.1, 0.15) is 21.9 Å². The first-order valence-electron chi connectivity index (χ1n) is 10.8. The zero-order valence-corrected chi connectivity index (χ0v) is 21.1. The third-order valence-electron chi connectivity index (χ3n) is 5.67. The largest absolute Gasteiger partial charge is 0.490 e. The molecule has 5 rings (SSSR count). The second-order valence-electron chi connectivity index (χ2n) is 8.29. The van der Waals surface area contributed by atoms with Gasteiger partial charge in [-0.1, -0.05) is 42.2 Å². The van der Waals surface area contributed by atoms with Gasteiger partial charge in [-0.05, 0) is 48.9 Å². The molecule has 1 amide bonds. The number of hydrogen-bond acceptors (Lipinski definition) is 7. The maximum absolute atomic E-state index is 13.0. The van der Waals surface area contributed by atoms with Gasteiger partial charge in [0.05, 0.1) is 16.3 Å². The maximum Gasteiger partial charge on any atom is 0.266 e. The predicted octanol–water partition coefficient (Wildman–Crippen LogP) is 3.95. The molecule has 3 aromatic rings. The number of benzene rings is 2. The van der Waals surface area contributed by atoms with Crippen LogP contribution in [0.2, 0.25) is 0 Å². The zero-order chi connectivity index (χ0) is 24.7. The Morgan fingerprint density at radius 3 is 2.77 bits per heavy atom. The number of thioether (sulfide) groups is 1. The van der Waals surface area contributed by atoms with E-state index in [1.165, 1.54) is 4.90 Å². The molecule has 0 aliphatic carbocycles. The average molecular weight is 528 g/mol. The summed E-state index contributed by atoms with van der Waals surface area (Å²) in [6.07, 6.45) is 4.50. The fourth-order valence-electron chi connectivity index (χ4n) is 4.04. The molecule has 0 spiro atoms. The molecular weight excluding hydrogens is 506 g/mol. The standard InChI is InChI=1S/C24H21N3O5S3/c1-15-11-17-12-16(7-8-20(17)32-15)22-18(14-27(25-22)19-5-3-2-4-6-19)13-21-23(28)26(24(33)34-21)9-10-35(29,30)31/h2-8,12-15H,9-11H2,1H3,(H,29,30,31). The summed E-state index contributed by atoms with van der Waals surface area (Å²) in [5.74, 6) is -0.122. The van der Waals surface area contributed by atoms with Gasteiger partial charge in [0.2, 0.25) is 0 Å². The van der Waals surface area contributed by atoms with Crippen molar-refractivity contribution in [3.8, 4) is 22.7 Å². The van der Waals surface area contributed by atoms with Crippen LogP contribution in [-0.4, -0.2) is 56.3 Å². The summed E-state index contributed by atoms with van der Waals surface area (Å²) >= 11 is 6.38. The third kappa shape index (κ3) is 5.03. The molecule has 0 bridgehead atoms. The number of carbonyl (C=O) groups excluding carboxylic acids is 1. The van der Waals surface area contributed by atoms with Crippen molar-refractivity contribution in [1.29, 1.82) is 0 Å². The first kappa shape index (κ1) is 23.7. The highest BCUT2D eigenvalue weighted by atomic mass is 32.2. The van der Waals surface area contributed by atoms with E-state index < -0.39 is 21.8 Å². The molecule has 35 heavy (non-hydrogen) atoms. The minimum atomic E-state index is -4.22. The van der Waals surface area contributed by atoms with Crippen molar-refractivity contribution in [1.82, 2.24) is 14.7 Å². The summed E-state index contributed by atoms with van der Waals surface area (Å²) in [4.78, 5) is 14.5. The molecule has 1 aromatic heterocycles. The highest BCUT2D eigenvalue weighted by Gasteiger charge is 2.33. The van der Waals surface area contributed by atoms with Gasteiger partial charge in [-0.3, -0.25) is 14.2 Å². The van der Waals surface area contributed by atoms with Crippen LogP contribution in [0.5, 0.6) is 5.75 Å². The van der Waals surface area contributed by atoms with Gasteiger partial charge >= 0.3 is 0 Å². The van der Waals surface area contributed by atoms with Gasteiger partial charge in [0.15, 0.2) is 0 Å².